The highest BCUT2D eigenvalue weighted by Crippen LogP contribution is 2.22. The summed E-state index contributed by atoms with van der Waals surface area (Å²) in [6.07, 6.45) is 0. The number of phenolic OH excluding ortho intramolecular Hbond substituents is 1. The van der Waals surface area contributed by atoms with Gasteiger partial charge in [0.1, 0.15) is 5.75 Å². The number of hydrogen-bond donors (Lipinski definition) is 1. The van der Waals surface area contributed by atoms with Gasteiger partial charge in [-0.25, -0.2) is 0 Å². The summed E-state index contributed by atoms with van der Waals surface area (Å²) >= 11 is 0. The average Bonchev–Trinajstić information content (AvgIpc) is 2.28. The second-order valence-corrected chi connectivity index (χ2v) is 4.87. The van der Waals surface area contributed by atoms with E-state index < -0.39 is 0 Å². The number of carbonyl (C=O) groups excluding carboxylic acids is 1. The molecular weight excluding hydrogens is 218 g/mol. The van der Waals surface area contributed by atoms with Crippen molar-refractivity contribution in [3.8, 4) is 5.75 Å². The van der Waals surface area contributed by atoms with E-state index >= 15 is 0 Å². The maximum Gasteiger partial charge on any atom is 0.254 e. The van der Waals surface area contributed by atoms with Gasteiger partial charge in [0, 0.05) is 12.1 Å². The first-order valence-corrected chi connectivity index (χ1v) is 5.69. The number of carbonyl (C=O) groups is 1. The minimum Gasteiger partial charge on any atom is -0.508 e. The average molecular weight is 235 g/mol. The fraction of sp³-hybridized carbons (Fsp3) is 0.462. The summed E-state index contributed by atoms with van der Waals surface area (Å²) in [4.78, 5) is 14.1. The maximum absolute atomic E-state index is 12.3. The van der Waals surface area contributed by atoms with Crippen molar-refractivity contribution in [1.82, 2.24) is 4.90 Å². The normalized spacial score (nSPS) is 19.1. The molecule has 1 amide bonds. The fourth-order valence-electron chi connectivity index (χ4n) is 1.99. The molecule has 1 heterocycles. The molecule has 0 unspecified atom stereocenters. The molecule has 1 aliphatic heterocycles. The summed E-state index contributed by atoms with van der Waals surface area (Å²) in [5, 5.41) is 9.21. The Labute approximate surface area is 101 Å². The van der Waals surface area contributed by atoms with Gasteiger partial charge in [-0.2, -0.15) is 0 Å². The van der Waals surface area contributed by atoms with Gasteiger partial charge in [0.2, 0.25) is 0 Å². The van der Waals surface area contributed by atoms with Crippen LogP contribution in [0.2, 0.25) is 0 Å². The lowest BCUT2D eigenvalue weighted by Gasteiger charge is -2.42. The second kappa shape index (κ2) is 4.37. The lowest BCUT2D eigenvalue weighted by Crippen LogP contribution is -2.55. The smallest absolute Gasteiger partial charge is 0.254 e. The Morgan fingerprint density at radius 1 is 1.35 bits per heavy atom. The van der Waals surface area contributed by atoms with E-state index in [1.54, 1.807) is 12.1 Å². The Balaban J connectivity index is 2.21. The molecule has 17 heavy (non-hydrogen) atoms. The first-order chi connectivity index (χ1) is 8.00. The predicted molar refractivity (Wildman–Crippen MR) is 64.0 cm³/mol. The Hall–Kier alpha value is -1.55. The summed E-state index contributed by atoms with van der Waals surface area (Å²) in [6.45, 7) is 5.71. The van der Waals surface area contributed by atoms with Gasteiger partial charge in [-0.15, -0.1) is 0 Å². The van der Waals surface area contributed by atoms with Crippen LogP contribution in [0.15, 0.2) is 24.3 Å². The van der Waals surface area contributed by atoms with Gasteiger partial charge in [0.25, 0.3) is 5.91 Å². The van der Waals surface area contributed by atoms with Crippen LogP contribution >= 0.6 is 0 Å². The van der Waals surface area contributed by atoms with E-state index in [2.05, 4.69) is 0 Å². The number of rotatable bonds is 1. The zero-order valence-electron chi connectivity index (χ0n) is 10.1. The third kappa shape index (κ3) is 2.42. The van der Waals surface area contributed by atoms with E-state index in [1.807, 2.05) is 18.7 Å². The molecule has 4 nitrogen and oxygen atoms in total. The molecule has 1 aliphatic rings. The largest absolute Gasteiger partial charge is 0.508 e. The third-order valence-corrected chi connectivity index (χ3v) is 3.00. The molecule has 0 atom stereocenters. The maximum atomic E-state index is 12.3. The minimum atomic E-state index is -0.285. The summed E-state index contributed by atoms with van der Waals surface area (Å²) in [5.41, 5.74) is 0.311. The number of morpholine rings is 1. The Bertz CT molecular complexity index is 411. The van der Waals surface area contributed by atoms with Crippen molar-refractivity contribution in [3.05, 3.63) is 29.8 Å². The van der Waals surface area contributed by atoms with Crippen LogP contribution in [0.3, 0.4) is 0 Å². The highest BCUT2D eigenvalue weighted by molar-refractivity contribution is 5.94. The minimum absolute atomic E-state index is 0.0155. The first kappa shape index (κ1) is 11.9. The second-order valence-electron chi connectivity index (χ2n) is 4.87. The topological polar surface area (TPSA) is 49.8 Å². The zero-order chi connectivity index (χ0) is 12.5. The fourth-order valence-corrected chi connectivity index (χ4v) is 1.99. The zero-order valence-corrected chi connectivity index (χ0v) is 10.1. The van der Waals surface area contributed by atoms with Crippen molar-refractivity contribution in [2.24, 2.45) is 0 Å². The molecule has 1 aromatic rings. The van der Waals surface area contributed by atoms with Crippen molar-refractivity contribution in [3.63, 3.8) is 0 Å². The van der Waals surface area contributed by atoms with Crippen LogP contribution < -0.4 is 0 Å². The van der Waals surface area contributed by atoms with Crippen molar-refractivity contribution >= 4 is 5.91 Å². The molecule has 1 N–H and O–H groups in total. The monoisotopic (exact) mass is 235 g/mol. The van der Waals surface area contributed by atoms with Gasteiger partial charge in [-0.05, 0) is 38.1 Å². The van der Waals surface area contributed by atoms with Crippen LogP contribution in [0, 0.1) is 0 Å². The molecule has 0 saturated carbocycles. The third-order valence-electron chi connectivity index (χ3n) is 3.00. The van der Waals surface area contributed by atoms with Crippen molar-refractivity contribution in [1.29, 1.82) is 0 Å². The van der Waals surface area contributed by atoms with Crippen LogP contribution in [0.4, 0.5) is 0 Å². The molecule has 0 radical (unpaired) electrons. The van der Waals surface area contributed by atoms with E-state index in [4.69, 9.17) is 4.74 Å². The number of amides is 1. The molecule has 2 rings (SSSR count). The molecule has 0 bridgehead atoms. The summed E-state index contributed by atoms with van der Waals surface area (Å²) in [6, 6.07) is 6.34. The van der Waals surface area contributed by atoms with E-state index in [9.17, 15) is 9.90 Å². The Morgan fingerprint density at radius 2 is 2.00 bits per heavy atom. The summed E-state index contributed by atoms with van der Waals surface area (Å²) < 4.78 is 5.39. The molecule has 92 valence electrons. The first-order valence-electron chi connectivity index (χ1n) is 5.69. The van der Waals surface area contributed by atoms with Crippen molar-refractivity contribution in [2.75, 3.05) is 19.8 Å². The predicted octanol–water partition coefficient (Wildman–Crippen LogP) is 1.64. The molecule has 0 aliphatic carbocycles. The van der Waals surface area contributed by atoms with Crippen LogP contribution in [-0.2, 0) is 4.74 Å². The van der Waals surface area contributed by atoms with Crippen molar-refractivity contribution < 1.29 is 14.6 Å². The van der Waals surface area contributed by atoms with Crippen LogP contribution in [0.1, 0.15) is 24.2 Å². The molecule has 4 heteroatoms. The van der Waals surface area contributed by atoms with Gasteiger partial charge in [0.05, 0.1) is 18.8 Å². The Kier molecular flexibility index (Phi) is 3.07. The molecule has 1 fully saturated rings. The SMILES string of the molecule is CC1(C)COCCN1C(=O)c1ccc(O)cc1. The van der Waals surface area contributed by atoms with Gasteiger partial charge < -0.3 is 14.7 Å². The number of nitrogens with zero attached hydrogens (tertiary/aromatic N) is 1. The van der Waals surface area contributed by atoms with E-state index in [0.29, 0.717) is 25.3 Å². The highest BCUT2D eigenvalue weighted by Gasteiger charge is 2.34. The van der Waals surface area contributed by atoms with Crippen LogP contribution in [0.25, 0.3) is 0 Å². The number of phenols is 1. The quantitative estimate of drug-likeness (QED) is 0.805. The molecule has 0 spiro atoms. The summed E-state index contributed by atoms with van der Waals surface area (Å²) in [5.74, 6) is 0.154. The number of aromatic hydroxyl groups is 1. The lowest BCUT2D eigenvalue weighted by molar-refractivity contribution is -0.0370. The molecule has 1 saturated heterocycles. The number of benzene rings is 1. The van der Waals surface area contributed by atoms with Gasteiger partial charge in [-0.3, -0.25) is 4.79 Å². The van der Waals surface area contributed by atoms with Gasteiger partial charge >= 0.3 is 0 Å². The number of hydrogen-bond acceptors (Lipinski definition) is 3. The molecule has 1 aromatic carbocycles. The Morgan fingerprint density at radius 3 is 2.59 bits per heavy atom. The van der Waals surface area contributed by atoms with Gasteiger partial charge in [-0.1, -0.05) is 0 Å². The standard InChI is InChI=1S/C13H17NO3/c1-13(2)9-17-8-7-14(13)12(16)10-3-5-11(15)6-4-10/h3-6,15H,7-9H2,1-2H3. The van der Waals surface area contributed by atoms with Crippen LogP contribution in [0.5, 0.6) is 5.75 Å². The highest BCUT2D eigenvalue weighted by atomic mass is 16.5. The van der Waals surface area contributed by atoms with E-state index in [0.717, 1.165) is 0 Å². The summed E-state index contributed by atoms with van der Waals surface area (Å²) in [7, 11) is 0. The molecule has 0 aromatic heterocycles. The number of ether oxygens (including phenoxy) is 1. The van der Waals surface area contributed by atoms with Crippen LogP contribution in [-0.4, -0.2) is 41.2 Å². The molecular formula is C13H17NO3. The van der Waals surface area contributed by atoms with Gasteiger partial charge in [0.15, 0.2) is 0 Å². The van der Waals surface area contributed by atoms with Crippen molar-refractivity contribution in [2.45, 2.75) is 19.4 Å². The van der Waals surface area contributed by atoms with E-state index in [1.165, 1.54) is 12.1 Å². The lowest BCUT2D eigenvalue weighted by atomic mass is 10.0. The van der Waals surface area contributed by atoms with E-state index in [-0.39, 0.29) is 17.2 Å².